The first-order chi connectivity index (χ1) is 9.08. The van der Waals surface area contributed by atoms with Crippen LogP contribution < -0.4 is 4.72 Å². The van der Waals surface area contributed by atoms with E-state index in [1.807, 2.05) is 6.07 Å². The lowest BCUT2D eigenvalue weighted by atomic mass is 10.2. The Morgan fingerprint density at radius 1 is 1.16 bits per heavy atom. The third-order valence-corrected chi connectivity index (χ3v) is 5.04. The highest BCUT2D eigenvalue weighted by atomic mass is 32.2. The van der Waals surface area contributed by atoms with Crippen LogP contribution in [-0.4, -0.2) is 18.6 Å². The van der Waals surface area contributed by atoms with Gasteiger partial charge in [0.15, 0.2) is 0 Å². The van der Waals surface area contributed by atoms with Crippen LogP contribution in [0.2, 0.25) is 0 Å². The molecule has 5 nitrogen and oxygen atoms in total. The van der Waals surface area contributed by atoms with E-state index in [1.54, 1.807) is 35.7 Å². The van der Waals surface area contributed by atoms with E-state index in [9.17, 15) is 13.2 Å². The molecule has 1 amide bonds. The first-order valence-corrected chi connectivity index (χ1v) is 7.86. The molecule has 2 aromatic rings. The van der Waals surface area contributed by atoms with Gasteiger partial charge in [0.2, 0.25) is 0 Å². The molecule has 0 unspecified atom stereocenters. The predicted molar refractivity (Wildman–Crippen MR) is 73.2 cm³/mol. The SMILES string of the molecule is O=C1c2sccc2NS(=O)(=O)N1Cc1ccccc1. The van der Waals surface area contributed by atoms with Gasteiger partial charge in [-0.15, -0.1) is 11.3 Å². The number of rotatable bonds is 2. The van der Waals surface area contributed by atoms with Crippen LogP contribution in [0.15, 0.2) is 41.8 Å². The van der Waals surface area contributed by atoms with Crippen molar-refractivity contribution in [1.29, 1.82) is 0 Å². The van der Waals surface area contributed by atoms with E-state index in [1.165, 1.54) is 11.3 Å². The Morgan fingerprint density at radius 3 is 2.63 bits per heavy atom. The Balaban J connectivity index is 1.99. The zero-order valence-corrected chi connectivity index (χ0v) is 11.4. The van der Waals surface area contributed by atoms with Crippen LogP contribution in [0.25, 0.3) is 0 Å². The van der Waals surface area contributed by atoms with Crippen LogP contribution >= 0.6 is 11.3 Å². The summed E-state index contributed by atoms with van der Waals surface area (Å²) in [6.07, 6.45) is 0. The van der Waals surface area contributed by atoms with Crippen molar-refractivity contribution in [1.82, 2.24) is 4.31 Å². The highest BCUT2D eigenvalue weighted by Gasteiger charge is 2.36. The monoisotopic (exact) mass is 294 g/mol. The maximum atomic E-state index is 12.2. The molecule has 1 aromatic carbocycles. The molecule has 1 N–H and O–H groups in total. The summed E-state index contributed by atoms with van der Waals surface area (Å²) >= 11 is 1.23. The van der Waals surface area contributed by atoms with Crippen molar-refractivity contribution >= 4 is 33.1 Å². The molecule has 2 heterocycles. The summed E-state index contributed by atoms with van der Waals surface area (Å²) in [4.78, 5) is 12.6. The van der Waals surface area contributed by atoms with E-state index in [0.717, 1.165) is 9.87 Å². The van der Waals surface area contributed by atoms with Gasteiger partial charge in [-0.3, -0.25) is 9.52 Å². The minimum atomic E-state index is -3.81. The van der Waals surface area contributed by atoms with Gasteiger partial charge in [0.1, 0.15) is 4.88 Å². The number of carbonyl (C=O) groups excluding carboxylic acids is 1. The van der Waals surface area contributed by atoms with E-state index in [0.29, 0.717) is 10.6 Å². The minimum absolute atomic E-state index is 0.0341. The summed E-state index contributed by atoms with van der Waals surface area (Å²) in [5.74, 6) is -0.479. The second-order valence-corrected chi connectivity index (χ2v) is 6.58. The fraction of sp³-hybridized carbons (Fsp3) is 0.0833. The van der Waals surface area contributed by atoms with Gasteiger partial charge in [-0.25, -0.2) is 4.31 Å². The molecule has 0 spiro atoms. The van der Waals surface area contributed by atoms with Gasteiger partial charge in [0.05, 0.1) is 12.2 Å². The topological polar surface area (TPSA) is 66.5 Å². The number of thiophene rings is 1. The number of nitrogens with zero attached hydrogens (tertiary/aromatic N) is 1. The van der Waals surface area contributed by atoms with Gasteiger partial charge in [-0.1, -0.05) is 30.3 Å². The Bertz CT molecular complexity index is 722. The van der Waals surface area contributed by atoms with Crippen LogP contribution in [0, 0.1) is 0 Å². The van der Waals surface area contributed by atoms with E-state index in [2.05, 4.69) is 4.72 Å². The van der Waals surface area contributed by atoms with Gasteiger partial charge in [0, 0.05) is 0 Å². The molecular formula is C12H10N2O3S2. The molecular weight excluding hydrogens is 284 g/mol. The quantitative estimate of drug-likeness (QED) is 0.922. The van der Waals surface area contributed by atoms with Gasteiger partial charge >= 0.3 is 10.2 Å². The number of anilines is 1. The molecule has 19 heavy (non-hydrogen) atoms. The largest absolute Gasteiger partial charge is 0.326 e. The maximum Gasteiger partial charge on any atom is 0.326 e. The standard InChI is InChI=1S/C12H10N2O3S2/c15-12-11-10(6-7-18-11)13-19(16,17)14(12)8-9-4-2-1-3-5-9/h1-7,13H,8H2. The molecule has 1 aromatic heterocycles. The highest BCUT2D eigenvalue weighted by Crippen LogP contribution is 2.31. The second-order valence-electron chi connectivity index (χ2n) is 4.07. The van der Waals surface area contributed by atoms with Crippen LogP contribution in [0.5, 0.6) is 0 Å². The van der Waals surface area contributed by atoms with Crippen molar-refractivity contribution in [3.63, 3.8) is 0 Å². The fourth-order valence-electron chi connectivity index (χ4n) is 1.88. The molecule has 3 rings (SSSR count). The van der Waals surface area contributed by atoms with Crippen molar-refractivity contribution < 1.29 is 13.2 Å². The van der Waals surface area contributed by atoms with Crippen molar-refractivity contribution in [3.8, 4) is 0 Å². The number of amides is 1. The number of hydrogen-bond donors (Lipinski definition) is 1. The number of nitrogens with one attached hydrogen (secondary N) is 1. The van der Waals surface area contributed by atoms with Crippen molar-refractivity contribution in [2.45, 2.75) is 6.54 Å². The number of carbonyl (C=O) groups is 1. The van der Waals surface area contributed by atoms with Crippen molar-refractivity contribution in [2.75, 3.05) is 4.72 Å². The molecule has 1 aliphatic heterocycles. The average molecular weight is 294 g/mol. The lowest BCUT2D eigenvalue weighted by Crippen LogP contribution is -2.43. The van der Waals surface area contributed by atoms with E-state index < -0.39 is 16.1 Å². The number of benzene rings is 1. The van der Waals surface area contributed by atoms with E-state index >= 15 is 0 Å². The van der Waals surface area contributed by atoms with Gasteiger partial charge in [0.25, 0.3) is 5.91 Å². The molecule has 0 saturated carbocycles. The summed E-state index contributed by atoms with van der Waals surface area (Å²) in [5.41, 5.74) is 1.13. The maximum absolute atomic E-state index is 12.2. The first-order valence-electron chi connectivity index (χ1n) is 5.54. The Morgan fingerprint density at radius 2 is 1.89 bits per heavy atom. The lowest BCUT2D eigenvalue weighted by Gasteiger charge is -2.27. The molecule has 0 fully saturated rings. The highest BCUT2D eigenvalue weighted by molar-refractivity contribution is 7.91. The molecule has 0 aliphatic carbocycles. The molecule has 0 radical (unpaired) electrons. The normalized spacial score (nSPS) is 16.8. The zero-order valence-electron chi connectivity index (χ0n) is 9.74. The molecule has 0 bridgehead atoms. The summed E-state index contributed by atoms with van der Waals surface area (Å²) < 4.78 is 27.4. The molecule has 7 heteroatoms. The van der Waals surface area contributed by atoms with Crippen molar-refractivity contribution in [3.05, 3.63) is 52.2 Å². The summed E-state index contributed by atoms with van der Waals surface area (Å²) in [6, 6.07) is 10.6. The van der Waals surface area contributed by atoms with Crippen LogP contribution in [0.1, 0.15) is 15.2 Å². The van der Waals surface area contributed by atoms with Crippen LogP contribution in [-0.2, 0) is 16.8 Å². The third-order valence-electron chi connectivity index (χ3n) is 2.78. The van der Waals surface area contributed by atoms with E-state index in [4.69, 9.17) is 0 Å². The van der Waals surface area contributed by atoms with Gasteiger partial charge in [-0.2, -0.15) is 8.42 Å². The Kier molecular flexibility index (Phi) is 2.79. The lowest BCUT2D eigenvalue weighted by molar-refractivity contribution is 0.0858. The Hall–Kier alpha value is -1.86. The van der Waals surface area contributed by atoms with Crippen LogP contribution in [0.3, 0.4) is 0 Å². The predicted octanol–water partition coefficient (Wildman–Crippen LogP) is 2.06. The molecule has 0 atom stereocenters. The van der Waals surface area contributed by atoms with Gasteiger partial charge in [-0.05, 0) is 17.0 Å². The zero-order chi connectivity index (χ0) is 13.5. The van der Waals surface area contributed by atoms with E-state index in [-0.39, 0.29) is 6.54 Å². The summed E-state index contributed by atoms with van der Waals surface area (Å²) in [7, 11) is -3.81. The minimum Gasteiger partial charge on any atom is -0.267 e. The second kappa shape index (κ2) is 4.36. The molecule has 1 aliphatic rings. The molecule has 0 saturated heterocycles. The first kappa shape index (κ1) is 12.2. The third kappa shape index (κ3) is 2.11. The smallest absolute Gasteiger partial charge is 0.267 e. The Labute approximate surface area is 114 Å². The average Bonchev–Trinajstić information content (AvgIpc) is 2.83. The van der Waals surface area contributed by atoms with Crippen molar-refractivity contribution in [2.24, 2.45) is 0 Å². The van der Waals surface area contributed by atoms with Gasteiger partial charge < -0.3 is 0 Å². The summed E-state index contributed by atoms with van der Waals surface area (Å²) in [5, 5.41) is 1.69. The number of fused-ring (bicyclic) bond motifs is 1. The molecule has 98 valence electrons. The summed E-state index contributed by atoms with van der Waals surface area (Å²) in [6.45, 7) is 0.0341. The number of hydrogen-bond acceptors (Lipinski definition) is 4. The fourth-order valence-corrected chi connectivity index (χ4v) is 3.98. The van der Waals surface area contributed by atoms with Crippen LogP contribution in [0.4, 0.5) is 5.69 Å².